The van der Waals surface area contributed by atoms with Crippen LogP contribution < -0.4 is 0 Å². The minimum absolute atomic E-state index is 0.0323. The van der Waals surface area contributed by atoms with Gasteiger partial charge in [0.2, 0.25) is 5.91 Å². The van der Waals surface area contributed by atoms with E-state index < -0.39 is 17.6 Å². The van der Waals surface area contributed by atoms with Gasteiger partial charge in [0.15, 0.2) is 0 Å². The minimum Gasteiger partial charge on any atom is -0.460 e. The van der Waals surface area contributed by atoms with Gasteiger partial charge in [0, 0.05) is 0 Å². The Morgan fingerprint density at radius 1 is 1.32 bits per heavy atom. The highest BCUT2D eigenvalue weighted by atomic mass is 16.6. The Hall–Kier alpha value is -1.59. The average molecular weight is 311 g/mol. The van der Waals surface area contributed by atoms with E-state index in [-0.39, 0.29) is 37.4 Å². The van der Waals surface area contributed by atoms with Crippen LogP contribution in [0.25, 0.3) is 0 Å². The van der Waals surface area contributed by atoms with Crippen LogP contribution in [-0.2, 0) is 19.1 Å². The summed E-state index contributed by atoms with van der Waals surface area (Å²) in [4.78, 5) is 37.5. The van der Waals surface area contributed by atoms with Crippen LogP contribution in [0.15, 0.2) is 0 Å². The van der Waals surface area contributed by atoms with Crippen molar-refractivity contribution in [2.24, 2.45) is 11.8 Å². The normalized spacial score (nSPS) is 20.9. The predicted molar refractivity (Wildman–Crippen MR) is 79.0 cm³/mol. The molecule has 1 saturated heterocycles. The molecule has 6 nitrogen and oxygen atoms in total. The zero-order valence-electron chi connectivity index (χ0n) is 13.6. The summed E-state index contributed by atoms with van der Waals surface area (Å²) in [5.74, 6) is -1.01. The van der Waals surface area contributed by atoms with E-state index >= 15 is 0 Å². The van der Waals surface area contributed by atoms with Crippen LogP contribution in [0.4, 0.5) is 4.79 Å². The van der Waals surface area contributed by atoms with Crippen LogP contribution in [0.1, 0.15) is 52.9 Å². The molecule has 2 rings (SSSR count). The van der Waals surface area contributed by atoms with Crippen LogP contribution in [0.3, 0.4) is 0 Å². The maximum atomic E-state index is 12.7. The number of imide groups is 1. The fraction of sp³-hybridized carbons (Fsp3) is 0.812. The van der Waals surface area contributed by atoms with Gasteiger partial charge < -0.3 is 9.47 Å². The number of hydrogen-bond donors (Lipinski definition) is 0. The second-order valence-electron chi connectivity index (χ2n) is 7.05. The number of nitrogens with zero attached hydrogens (tertiary/aromatic N) is 1. The van der Waals surface area contributed by atoms with Crippen LogP contribution in [0, 0.1) is 11.8 Å². The molecule has 6 heteroatoms. The van der Waals surface area contributed by atoms with Crippen molar-refractivity contribution in [1.82, 2.24) is 4.90 Å². The standard InChI is InChI=1S/C16H25NO5/c1-16(2,3)22-13(18)10-12(11-6-4-5-7-11)14(19)17-8-9-21-15(17)20/h11-12H,4-10H2,1-3H3/t12-/m1/s1. The van der Waals surface area contributed by atoms with Crippen LogP contribution in [0.5, 0.6) is 0 Å². The maximum absolute atomic E-state index is 12.7. The third-order valence-electron chi connectivity index (χ3n) is 4.12. The molecule has 0 aromatic carbocycles. The number of ether oxygens (including phenoxy) is 2. The first kappa shape index (κ1) is 16.8. The van der Waals surface area contributed by atoms with Gasteiger partial charge in [-0.15, -0.1) is 0 Å². The zero-order chi connectivity index (χ0) is 16.3. The topological polar surface area (TPSA) is 72.9 Å². The predicted octanol–water partition coefficient (Wildman–Crippen LogP) is 2.50. The molecule has 1 atom stereocenters. The Balaban J connectivity index is 2.07. The molecule has 0 bridgehead atoms. The Morgan fingerprint density at radius 3 is 2.45 bits per heavy atom. The van der Waals surface area contributed by atoms with Crippen molar-refractivity contribution in [3.8, 4) is 0 Å². The number of amides is 2. The number of hydrogen-bond acceptors (Lipinski definition) is 5. The molecule has 0 N–H and O–H groups in total. The van der Waals surface area contributed by atoms with Gasteiger partial charge in [0.1, 0.15) is 12.2 Å². The lowest BCUT2D eigenvalue weighted by atomic mass is 9.87. The van der Waals surface area contributed by atoms with E-state index in [1.807, 2.05) is 0 Å². The summed E-state index contributed by atoms with van der Waals surface area (Å²) in [7, 11) is 0. The molecule has 2 amide bonds. The van der Waals surface area contributed by atoms with E-state index in [0.717, 1.165) is 30.6 Å². The number of rotatable bonds is 4. The SMILES string of the molecule is CC(C)(C)OC(=O)C[C@@H](C(=O)N1CCOC1=O)C1CCCC1. The molecular weight excluding hydrogens is 286 g/mol. The van der Waals surface area contributed by atoms with Crippen LogP contribution in [0.2, 0.25) is 0 Å². The summed E-state index contributed by atoms with van der Waals surface area (Å²) < 4.78 is 10.2. The van der Waals surface area contributed by atoms with Crippen LogP contribution >= 0.6 is 0 Å². The van der Waals surface area contributed by atoms with E-state index in [0.29, 0.717) is 0 Å². The smallest absolute Gasteiger partial charge is 0.416 e. The molecule has 1 aliphatic carbocycles. The molecule has 1 heterocycles. The van der Waals surface area contributed by atoms with Crippen molar-refractivity contribution in [1.29, 1.82) is 0 Å². The first-order valence-electron chi connectivity index (χ1n) is 7.98. The number of carbonyl (C=O) groups excluding carboxylic acids is 3. The van der Waals surface area contributed by atoms with Crippen molar-refractivity contribution in [3.05, 3.63) is 0 Å². The fourth-order valence-corrected chi connectivity index (χ4v) is 3.17. The Morgan fingerprint density at radius 2 is 1.95 bits per heavy atom. The van der Waals surface area contributed by atoms with E-state index in [4.69, 9.17) is 9.47 Å². The van der Waals surface area contributed by atoms with Crippen molar-refractivity contribution < 1.29 is 23.9 Å². The third kappa shape index (κ3) is 4.21. The monoisotopic (exact) mass is 311 g/mol. The molecule has 22 heavy (non-hydrogen) atoms. The van der Waals surface area contributed by atoms with Gasteiger partial charge in [-0.2, -0.15) is 0 Å². The summed E-state index contributed by atoms with van der Waals surface area (Å²) >= 11 is 0. The zero-order valence-corrected chi connectivity index (χ0v) is 13.6. The molecule has 2 aliphatic rings. The summed E-state index contributed by atoms with van der Waals surface area (Å²) in [5, 5.41) is 0. The Kier molecular flexibility index (Phi) is 5.08. The van der Waals surface area contributed by atoms with Gasteiger partial charge in [0.25, 0.3) is 0 Å². The Labute approximate surface area is 131 Å². The molecule has 0 spiro atoms. The quantitative estimate of drug-likeness (QED) is 0.746. The van der Waals surface area contributed by atoms with Crippen molar-refractivity contribution >= 4 is 18.0 Å². The highest BCUT2D eigenvalue weighted by molar-refractivity contribution is 5.95. The van der Waals surface area contributed by atoms with Gasteiger partial charge in [-0.25, -0.2) is 9.69 Å². The second-order valence-corrected chi connectivity index (χ2v) is 7.05. The lowest BCUT2D eigenvalue weighted by molar-refractivity contribution is -0.159. The van der Waals surface area contributed by atoms with Gasteiger partial charge in [0.05, 0.1) is 18.9 Å². The Bertz CT molecular complexity index is 448. The van der Waals surface area contributed by atoms with Crippen LogP contribution in [-0.4, -0.2) is 41.6 Å². The largest absolute Gasteiger partial charge is 0.460 e. The lowest BCUT2D eigenvalue weighted by Gasteiger charge is -2.26. The fourth-order valence-electron chi connectivity index (χ4n) is 3.17. The number of esters is 1. The maximum Gasteiger partial charge on any atom is 0.416 e. The summed E-state index contributed by atoms with van der Waals surface area (Å²) in [6.07, 6.45) is 3.40. The molecule has 1 aliphatic heterocycles. The highest BCUT2D eigenvalue weighted by Gasteiger charge is 2.40. The lowest BCUT2D eigenvalue weighted by Crippen LogP contribution is -2.41. The molecule has 0 aromatic heterocycles. The first-order valence-corrected chi connectivity index (χ1v) is 7.98. The first-order chi connectivity index (χ1) is 10.3. The average Bonchev–Trinajstić information content (AvgIpc) is 3.04. The molecular formula is C16H25NO5. The molecule has 0 radical (unpaired) electrons. The van der Waals surface area contributed by atoms with Crippen molar-refractivity contribution in [3.63, 3.8) is 0 Å². The van der Waals surface area contributed by atoms with E-state index in [1.54, 1.807) is 20.8 Å². The van der Waals surface area contributed by atoms with Gasteiger partial charge >= 0.3 is 12.1 Å². The second kappa shape index (κ2) is 6.67. The summed E-state index contributed by atoms with van der Waals surface area (Å²) in [6, 6.07) is 0. The van der Waals surface area contributed by atoms with Crippen molar-refractivity contribution in [2.75, 3.05) is 13.2 Å². The van der Waals surface area contributed by atoms with Gasteiger partial charge in [-0.05, 0) is 39.5 Å². The van der Waals surface area contributed by atoms with Gasteiger partial charge in [-0.3, -0.25) is 9.59 Å². The number of cyclic esters (lactones) is 1. The number of carbonyl (C=O) groups is 3. The third-order valence-corrected chi connectivity index (χ3v) is 4.12. The molecule has 0 aromatic rings. The molecule has 1 saturated carbocycles. The summed E-state index contributed by atoms with van der Waals surface area (Å²) in [5.41, 5.74) is -0.576. The van der Waals surface area contributed by atoms with Crippen molar-refractivity contribution in [2.45, 2.75) is 58.5 Å². The van der Waals surface area contributed by atoms with E-state index in [2.05, 4.69) is 0 Å². The summed E-state index contributed by atoms with van der Waals surface area (Å²) in [6.45, 7) is 5.91. The van der Waals surface area contributed by atoms with E-state index in [1.165, 1.54) is 0 Å². The van der Waals surface area contributed by atoms with Gasteiger partial charge in [-0.1, -0.05) is 12.8 Å². The molecule has 124 valence electrons. The minimum atomic E-state index is -0.600. The molecule has 0 unspecified atom stereocenters. The van der Waals surface area contributed by atoms with E-state index in [9.17, 15) is 14.4 Å². The highest BCUT2D eigenvalue weighted by Crippen LogP contribution is 2.35. The molecule has 2 fully saturated rings.